The van der Waals surface area contributed by atoms with E-state index in [2.05, 4.69) is 16.2 Å². The van der Waals surface area contributed by atoms with Crippen molar-refractivity contribution in [2.45, 2.75) is 31.6 Å². The van der Waals surface area contributed by atoms with Crippen LogP contribution in [-0.2, 0) is 13.5 Å². The Balaban J connectivity index is 1.71. The number of nitrogens with one attached hydrogen (secondary N) is 1. The Morgan fingerprint density at radius 3 is 2.96 bits per heavy atom. The van der Waals surface area contributed by atoms with Crippen LogP contribution in [0.3, 0.4) is 0 Å². The van der Waals surface area contributed by atoms with Gasteiger partial charge in [-0.3, -0.25) is 10.1 Å². The second kappa shape index (κ2) is 8.01. The highest BCUT2D eigenvalue weighted by Gasteiger charge is 2.30. The highest BCUT2D eigenvalue weighted by atomic mass is 19.1. The van der Waals surface area contributed by atoms with Crippen molar-refractivity contribution < 1.29 is 4.39 Å². The molecule has 2 unspecified atom stereocenters. The van der Waals surface area contributed by atoms with Gasteiger partial charge in [-0.1, -0.05) is 24.6 Å². The van der Waals surface area contributed by atoms with Crippen LogP contribution in [0.4, 0.5) is 4.39 Å². The van der Waals surface area contributed by atoms with Crippen molar-refractivity contribution in [3.63, 3.8) is 0 Å². The first-order valence-corrected chi connectivity index (χ1v) is 8.64. The molecule has 3 rings (SSSR count). The van der Waals surface area contributed by atoms with Crippen LogP contribution in [0.1, 0.15) is 42.0 Å². The summed E-state index contributed by atoms with van der Waals surface area (Å²) in [6, 6.07) is 7.57. The van der Waals surface area contributed by atoms with Crippen molar-refractivity contribution in [2.24, 2.45) is 18.0 Å². The fourth-order valence-electron chi connectivity index (χ4n) is 3.79. The van der Waals surface area contributed by atoms with Gasteiger partial charge in [-0.05, 0) is 49.0 Å². The number of aliphatic imine (C=N–C) groups is 1. The number of hydrogen-bond donors (Lipinski definition) is 1. The van der Waals surface area contributed by atoms with Crippen LogP contribution in [0, 0.1) is 17.1 Å². The van der Waals surface area contributed by atoms with Crippen LogP contribution in [0.15, 0.2) is 41.5 Å². The number of aromatic nitrogens is 2. The fourth-order valence-corrected chi connectivity index (χ4v) is 3.79. The molecule has 0 spiro atoms. The molecule has 1 N–H and O–H groups in total. The molecule has 0 aliphatic heterocycles. The van der Waals surface area contributed by atoms with E-state index in [1.165, 1.54) is 31.2 Å². The number of hydrogen-bond acceptors (Lipinski definition) is 2. The van der Waals surface area contributed by atoms with Gasteiger partial charge in [0.2, 0.25) is 0 Å². The Hall–Kier alpha value is -2.56. The van der Waals surface area contributed by atoms with Crippen molar-refractivity contribution in [3.05, 3.63) is 59.2 Å². The standard InChI is InChI=1S/C20H23FN4/c1-25-20(9-11-24-25)18-6-2-4-17(18)12-15-7-8-16(19(21)13-15)5-3-10-23-14-22/h3,5,7-11,13-14,17-18,22H,2,4,6,12H2,1H3/b5-3+,22-14?,23-10?. The summed E-state index contributed by atoms with van der Waals surface area (Å²) in [6.45, 7) is 0. The van der Waals surface area contributed by atoms with E-state index in [1.807, 2.05) is 30.1 Å². The molecule has 1 aromatic heterocycles. The van der Waals surface area contributed by atoms with Gasteiger partial charge in [0.25, 0.3) is 0 Å². The zero-order valence-corrected chi connectivity index (χ0v) is 14.4. The maximum Gasteiger partial charge on any atom is 0.130 e. The number of halogens is 1. The topological polar surface area (TPSA) is 54.0 Å². The molecule has 130 valence electrons. The Kier molecular flexibility index (Phi) is 5.53. The summed E-state index contributed by atoms with van der Waals surface area (Å²) in [6.07, 6.45) is 12.1. The molecule has 5 heteroatoms. The third-order valence-electron chi connectivity index (χ3n) is 4.98. The van der Waals surface area contributed by atoms with Gasteiger partial charge in [0.15, 0.2) is 0 Å². The Morgan fingerprint density at radius 1 is 1.36 bits per heavy atom. The smallest absolute Gasteiger partial charge is 0.130 e. The molecular weight excluding hydrogens is 315 g/mol. The highest BCUT2D eigenvalue weighted by molar-refractivity contribution is 5.83. The largest absolute Gasteiger partial charge is 0.290 e. The maximum atomic E-state index is 14.3. The van der Waals surface area contributed by atoms with E-state index >= 15 is 0 Å². The van der Waals surface area contributed by atoms with E-state index < -0.39 is 0 Å². The number of benzene rings is 1. The van der Waals surface area contributed by atoms with Gasteiger partial charge in [-0.15, -0.1) is 0 Å². The predicted octanol–water partition coefficient (Wildman–Crippen LogP) is 4.38. The molecule has 1 aromatic carbocycles. The average molecular weight is 338 g/mol. The maximum absolute atomic E-state index is 14.3. The van der Waals surface area contributed by atoms with E-state index in [4.69, 9.17) is 5.41 Å². The minimum absolute atomic E-state index is 0.216. The zero-order valence-electron chi connectivity index (χ0n) is 14.4. The predicted molar refractivity (Wildman–Crippen MR) is 99.7 cm³/mol. The molecule has 2 atom stereocenters. The normalized spacial score (nSPS) is 20.7. The van der Waals surface area contributed by atoms with Crippen molar-refractivity contribution in [3.8, 4) is 0 Å². The molecule has 2 aromatic rings. The Bertz CT molecular complexity index is 791. The Labute approximate surface area is 147 Å². The van der Waals surface area contributed by atoms with E-state index in [0.29, 0.717) is 17.4 Å². The van der Waals surface area contributed by atoms with Crippen molar-refractivity contribution in [2.75, 3.05) is 0 Å². The molecule has 4 nitrogen and oxygen atoms in total. The van der Waals surface area contributed by atoms with E-state index in [0.717, 1.165) is 18.3 Å². The van der Waals surface area contributed by atoms with Gasteiger partial charge in [-0.2, -0.15) is 5.10 Å². The van der Waals surface area contributed by atoms with Crippen LogP contribution >= 0.6 is 0 Å². The first-order valence-electron chi connectivity index (χ1n) is 8.64. The second-order valence-corrected chi connectivity index (χ2v) is 6.52. The average Bonchev–Trinajstić information content (AvgIpc) is 3.21. The number of aryl methyl sites for hydroxylation is 1. The van der Waals surface area contributed by atoms with Gasteiger partial charge in [-0.25, -0.2) is 9.38 Å². The van der Waals surface area contributed by atoms with Crippen LogP contribution in [-0.4, -0.2) is 22.3 Å². The molecule has 1 fully saturated rings. The number of nitrogens with zero attached hydrogens (tertiary/aromatic N) is 3. The molecular formula is C20H23FN4. The quantitative estimate of drug-likeness (QED) is 0.617. The van der Waals surface area contributed by atoms with Gasteiger partial charge in [0, 0.05) is 36.6 Å². The lowest BCUT2D eigenvalue weighted by Gasteiger charge is -2.20. The minimum Gasteiger partial charge on any atom is -0.290 e. The highest BCUT2D eigenvalue weighted by Crippen LogP contribution is 2.41. The summed E-state index contributed by atoms with van der Waals surface area (Å²) in [5.41, 5.74) is 2.87. The SMILES string of the molecule is Cn1nccc1C1CCCC1Cc1ccc(/C=C/C=NC=N)c(F)c1. The van der Waals surface area contributed by atoms with Gasteiger partial charge < -0.3 is 0 Å². The molecule has 1 heterocycles. The summed E-state index contributed by atoms with van der Waals surface area (Å²) < 4.78 is 16.3. The molecule has 1 aliphatic carbocycles. The van der Waals surface area contributed by atoms with Gasteiger partial charge in [0.05, 0.1) is 0 Å². The number of rotatable bonds is 6. The minimum atomic E-state index is -0.216. The summed E-state index contributed by atoms with van der Waals surface area (Å²) >= 11 is 0. The first kappa shape index (κ1) is 17.3. The molecule has 1 saturated carbocycles. The first-order chi connectivity index (χ1) is 12.2. The molecule has 25 heavy (non-hydrogen) atoms. The van der Waals surface area contributed by atoms with Gasteiger partial charge >= 0.3 is 0 Å². The lowest BCUT2D eigenvalue weighted by molar-refractivity contribution is 0.456. The van der Waals surface area contributed by atoms with Crippen molar-refractivity contribution >= 4 is 18.6 Å². The molecule has 0 radical (unpaired) electrons. The lowest BCUT2D eigenvalue weighted by Crippen LogP contribution is -2.13. The van der Waals surface area contributed by atoms with E-state index in [-0.39, 0.29) is 5.82 Å². The molecule has 1 aliphatic rings. The third kappa shape index (κ3) is 4.10. The van der Waals surface area contributed by atoms with Gasteiger partial charge in [0.1, 0.15) is 12.2 Å². The van der Waals surface area contributed by atoms with Crippen LogP contribution in [0.5, 0.6) is 0 Å². The lowest BCUT2D eigenvalue weighted by atomic mass is 9.87. The van der Waals surface area contributed by atoms with Crippen molar-refractivity contribution in [1.29, 1.82) is 5.41 Å². The van der Waals surface area contributed by atoms with Crippen LogP contribution < -0.4 is 0 Å². The molecule has 0 saturated heterocycles. The zero-order chi connectivity index (χ0) is 17.6. The number of allylic oxidation sites excluding steroid dienone is 1. The van der Waals surface area contributed by atoms with Crippen LogP contribution in [0.2, 0.25) is 0 Å². The summed E-state index contributed by atoms with van der Waals surface area (Å²) in [7, 11) is 1.99. The molecule has 0 amide bonds. The van der Waals surface area contributed by atoms with Crippen LogP contribution in [0.25, 0.3) is 6.08 Å². The van der Waals surface area contributed by atoms with E-state index in [1.54, 1.807) is 18.2 Å². The summed E-state index contributed by atoms with van der Waals surface area (Å²) in [5, 5.41) is 11.1. The summed E-state index contributed by atoms with van der Waals surface area (Å²) in [4.78, 5) is 3.64. The Morgan fingerprint density at radius 2 is 2.24 bits per heavy atom. The van der Waals surface area contributed by atoms with E-state index in [9.17, 15) is 4.39 Å². The van der Waals surface area contributed by atoms with Crippen molar-refractivity contribution in [1.82, 2.24) is 9.78 Å². The fraction of sp³-hybridized carbons (Fsp3) is 0.350. The third-order valence-corrected chi connectivity index (χ3v) is 4.98. The molecule has 0 bridgehead atoms. The second-order valence-electron chi connectivity index (χ2n) is 6.52. The monoisotopic (exact) mass is 338 g/mol. The summed E-state index contributed by atoms with van der Waals surface area (Å²) in [5.74, 6) is 0.829.